The number of hydrogen-bond acceptors (Lipinski definition) is 8. The van der Waals surface area contributed by atoms with Gasteiger partial charge in [0.15, 0.2) is 5.96 Å². The van der Waals surface area contributed by atoms with E-state index in [0.29, 0.717) is 24.9 Å². The fourth-order valence-corrected chi connectivity index (χ4v) is 6.12. The zero-order valence-corrected chi connectivity index (χ0v) is 29.5. The van der Waals surface area contributed by atoms with Crippen molar-refractivity contribution in [2.45, 2.75) is 62.7 Å². The summed E-state index contributed by atoms with van der Waals surface area (Å²) in [5.41, 5.74) is 6.84. The van der Waals surface area contributed by atoms with Crippen LogP contribution in [0.1, 0.15) is 36.8 Å². The van der Waals surface area contributed by atoms with Gasteiger partial charge in [-0.15, -0.1) is 0 Å². The van der Waals surface area contributed by atoms with Crippen LogP contribution in [0.2, 0.25) is 0 Å². The van der Waals surface area contributed by atoms with E-state index in [9.17, 15) is 29.1 Å². The first-order valence-electron chi connectivity index (χ1n) is 17.4. The number of carbonyl (C=O) groups is 5. The highest BCUT2D eigenvalue weighted by Crippen LogP contribution is 2.18. The first-order chi connectivity index (χ1) is 24.9. The molecule has 4 rings (SSSR count). The Morgan fingerprint density at radius 2 is 1.46 bits per heavy atom. The predicted octanol–water partition coefficient (Wildman–Crippen LogP) is 0.00467. The monoisotopic (exact) mass is 715 g/mol. The van der Waals surface area contributed by atoms with Gasteiger partial charge in [-0.25, -0.2) is 0 Å². The van der Waals surface area contributed by atoms with Crippen LogP contribution in [0.25, 0.3) is 10.8 Å². The fourth-order valence-electron chi connectivity index (χ4n) is 6.12. The third-order valence-electron chi connectivity index (χ3n) is 8.96. The maximum absolute atomic E-state index is 14.1. The lowest BCUT2D eigenvalue weighted by Gasteiger charge is -2.32. The molecule has 15 nitrogen and oxygen atoms in total. The minimum Gasteiger partial charge on any atom is -0.508 e. The van der Waals surface area contributed by atoms with Gasteiger partial charge in [0.2, 0.25) is 29.5 Å². The van der Waals surface area contributed by atoms with E-state index in [-0.39, 0.29) is 43.9 Å². The second-order valence-electron chi connectivity index (χ2n) is 12.9. The first-order valence-corrected chi connectivity index (χ1v) is 17.4. The topological polar surface area (TPSA) is 231 Å². The minimum atomic E-state index is -1.12. The molecular formula is C37H49N9O6. The number of phenols is 1. The van der Waals surface area contributed by atoms with Gasteiger partial charge in [-0.3, -0.25) is 29.4 Å². The second kappa shape index (κ2) is 19.1. The molecule has 0 radical (unpaired) electrons. The largest absolute Gasteiger partial charge is 0.508 e. The molecule has 1 aliphatic rings. The van der Waals surface area contributed by atoms with Crippen LogP contribution in [0.15, 0.2) is 66.7 Å². The molecule has 0 saturated carbocycles. The second-order valence-corrected chi connectivity index (χ2v) is 12.9. The quantitative estimate of drug-likeness (QED) is 0.0698. The van der Waals surface area contributed by atoms with Crippen LogP contribution in [0.3, 0.4) is 0 Å². The van der Waals surface area contributed by atoms with Crippen molar-refractivity contribution in [1.82, 2.24) is 36.8 Å². The van der Waals surface area contributed by atoms with Crippen molar-refractivity contribution in [2.75, 3.05) is 33.7 Å². The molecule has 1 aliphatic heterocycles. The number of nitrogens with zero attached hydrogens (tertiary/aromatic N) is 1. The Hall–Kier alpha value is -5.70. The highest BCUT2D eigenvalue weighted by Gasteiger charge is 2.35. The van der Waals surface area contributed by atoms with Crippen molar-refractivity contribution in [3.63, 3.8) is 0 Å². The molecule has 52 heavy (non-hydrogen) atoms. The van der Waals surface area contributed by atoms with Crippen molar-refractivity contribution in [3.8, 4) is 5.75 Å². The molecule has 278 valence electrons. The number of likely N-dealkylation sites (N-methyl/N-ethyl adjacent to an activating group) is 1. The molecule has 3 aromatic rings. The van der Waals surface area contributed by atoms with E-state index in [4.69, 9.17) is 11.1 Å². The van der Waals surface area contributed by atoms with Gasteiger partial charge in [0.1, 0.15) is 29.9 Å². The maximum atomic E-state index is 14.1. The maximum Gasteiger partial charge on any atom is 0.245 e. The summed E-state index contributed by atoms with van der Waals surface area (Å²) in [6, 6.07) is 15.3. The Balaban J connectivity index is 1.69. The minimum absolute atomic E-state index is 0.0373. The number of hydrogen-bond donors (Lipinski definition) is 9. The Morgan fingerprint density at radius 1 is 0.808 bits per heavy atom. The third-order valence-corrected chi connectivity index (χ3v) is 8.96. The summed E-state index contributed by atoms with van der Waals surface area (Å²) in [5.74, 6) is -3.22. The lowest BCUT2D eigenvalue weighted by Crippen LogP contribution is -2.58. The number of fused-ring (bicyclic) bond motifs is 1. The van der Waals surface area contributed by atoms with Crippen molar-refractivity contribution in [3.05, 3.63) is 77.9 Å². The number of carbonyl (C=O) groups excluding carboxylic acids is 5. The highest BCUT2D eigenvalue weighted by atomic mass is 16.3. The number of nitrogens with one attached hydrogen (secondary N) is 7. The smallest absolute Gasteiger partial charge is 0.245 e. The Morgan fingerprint density at radius 3 is 2.17 bits per heavy atom. The van der Waals surface area contributed by atoms with Crippen molar-refractivity contribution >= 4 is 46.3 Å². The summed E-state index contributed by atoms with van der Waals surface area (Å²) in [4.78, 5) is 70.4. The first kappa shape index (κ1) is 39.1. The SMILES string of the molecule is CNCCC[C@@H]1C(=O)N[C@@H](CCCNC(=N)N)C(=O)N[C@@H](Cc2ccc3ccccc3c2)C(=O)NCC(=O)N[C@H](Cc2ccc(O)cc2)C(=O)N1C. The lowest BCUT2D eigenvalue weighted by atomic mass is 10.00. The summed E-state index contributed by atoms with van der Waals surface area (Å²) in [7, 11) is 3.25. The van der Waals surface area contributed by atoms with Crippen LogP contribution in [0.4, 0.5) is 0 Å². The summed E-state index contributed by atoms with van der Waals surface area (Å²) in [6.45, 7) is 0.339. The molecule has 5 amide bonds. The zero-order chi connectivity index (χ0) is 37.6. The molecule has 1 heterocycles. The Labute approximate surface area is 303 Å². The van der Waals surface area contributed by atoms with E-state index in [1.165, 1.54) is 24.1 Å². The molecule has 0 aromatic heterocycles. The number of amides is 5. The van der Waals surface area contributed by atoms with E-state index in [0.717, 1.165) is 16.3 Å². The summed E-state index contributed by atoms with van der Waals surface area (Å²) >= 11 is 0. The molecule has 0 unspecified atom stereocenters. The molecule has 10 N–H and O–H groups in total. The zero-order valence-electron chi connectivity index (χ0n) is 29.5. The molecule has 15 heteroatoms. The van der Waals surface area contributed by atoms with Crippen LogP contribution in [0, 0.1) is 5.41 Å². The van der Waals surface area contributed by atoms with Crippen molar-refractivity contribution in [2.24, 2.45) is 5.73 Å². The van der Waals surface area contributed by atoms with Gasteiger partial charge in [-0.1, -0.05) is 54.6 Å². The van der Waals surface area contributed by atoms with Crippen LogP contribution in [-0.2, 0) is 36.8 Å². The van der Waals surface area contributed by atoms with Crippen LogP contribution < -0.4 is 37.6 Å². The number of nitrogens with two attached hydrogens (primary N) is 1. The van der Waals surface area contributed by atoms with Gasteiger partial charge >= 0.3 is 0 Å². The van der Waals surface area contributed by atoms with Crippen molar-refractivity contribution in [1.29, 1.82) is 5.41 Å². The number of rotatable bonds is 12. The van der Waals surface area contributed by atoms with Crippen LogP contribution in [0.5, 0.6) is 5.75 Å². The third kappa shape index (κ3) is 11.4. The van der Waals surface area contributed by atoms with E-state index in [1.807, 2.05) is 42.5 Å². The van der Waals surface area contributed by atoms with Gasteiger partial charge in [-0.2, -0.15) is 0 Å². The molecule has 4 atom stereocenters. The highest BCUT2D eigenvalue weighted by molar-refractivity contribution is 5.97. The van der Waals surface area contributed by atoms with Crippen LogP contribution >= 0.6 is 0 Å². The summed E-state index contributed by atoms with van der Waals surface area (Å²) in [6.07, 6.45) is 1.38. The number of guanidine groups is 1. The molecule has 0 aliphatic carbocycles. The van der Waals surface area contributed by atoms with Crippen molar-refractivity contribution < 1.29 is 29.1 Å². The van der Waals surface area contributed by atoms with E-state index < -0.39 is 60.2 Å². The molecule has 0 bridgehead atoms. The van der Waals surface area contributed by atoms with E-state index >= 15 is 0 Å². The normalized spacial score (nSPS) is 20.6. The lowest BCUT2D eigenvalue weighted by molar-refractivity contribution is -0.142. The molecule has 1 saturated heterocycles. The summed E-state index contributed by atoms with van der Waals surface area (Å²) < 4.78 is 0. The Bertz CT molecular complexity index is 1730. The molecular weight excluding hydrogens is 666 g/mol. The van der Waals surface area contributed by atoms with Gasteiger partial charge in [0, 0.05) is 26.4 Å². The molecule has 3 aromatic carbocycles. The molecule has 1 fully saturated rings. The fraction of sp³-hybridized carbons (Fsp3) is 0.405. The summed E-state index contributed by atoms with van der Waals surface area (Å²) in [5, 5.41) is 35.9. The van der Waals surface area contributed by atoms with E-state index in [2.05, 4.69) is 31.9 Å². The average molecular weight is 716 g/mol. The number of phenolic OH excluding ortho intramolecular Hbond substituents is 1. The predicted molar refractivity (Wildman–Crippen MR) is 197 cm³/mol. The standard InChI is InChI=1S/C37H49N9O6/c1-40-17-6-10-31-35(51)44-28(9-5-18-41-37(38)39)34(50)45-29(21-24-11-14-25-7-3-4-8-26(25)19-24)33(49)42-22-32(48)43-30(36(52)46(31)2)20-23-12-15-27(47)16-13-23/h3-4,7-8,11-16,19,28-31,40,47H,5-6,9-10,17-18,20-22H2,1-2H3,(H,42,49)(H,43,48)(H,44,51)(H,45,50)(H4,38,39,41)/t28-,29-,30+,31+/m0/s1. The van der Waals surface area contributed by atoms with Gasteiger partial charge in [0.25, 0.3) is 0 Å². The molecule has 0 spiro atoms. The Kier molecular flexibility index (Phi) is 14.3. The van der Waals surface area contributed by atoms with Gasteiger partial charge < -0.3 is 47.6 Å². The van der Waals surface area contributed by atoms with Crippen LogP contribution in [-0.4, -0.2) is 103 Å². The average Bonchev–Trinajstić information content (AvgIpc) is 3.12. The van der Waals surface area contributed by atoms with E-state index in [1.54, 1.807) is 19.2 Å². The number of benzene rings is 3. The van der Waals surface area contributed by atoms with Gasteiger partial charge in [-0.05, 0) is 73.3 Å². The number of aromatic hydroxyl groups is 1. The van der Waals surface area contributed by atoms with Gasteiger partial charge in [0.05, 0.1) is 6.54 Å².